The lowest BCUT2D eigenvalue weighted by Crippen LogP contribution is -2.31. The van der Waals surface area contributed by atoms with Crippen molar-refractivity contribution in [3.63, 3.8) is 0 Å². The zero-order chi connectivity index (χ0) is 17.5. The molecule has 0 spiro atoms. The minimum atomic E-state index is -3.70. The molecule has 0 fully saturated rings. The van der Waals surface area contributed by atoms with Crippen LogP contribution in [0.2, 0.25) is 0 Å². The summed E-state index contributed by atoms with van der Waals surface area (Å²) in [5.41, 5.74) is 5.83. The Balaban J connectivity index is 2.85. The van der Waals surface area contributed by atoms with Gasteiger partial charge in [-0.05, 0) is 24.1 Å². The van der Waals surface area contributed by atoms with Gasteiger partial charge in [-0.1, -0.05) is 18.7 Å². The van der Waals surface area contributed by atoms with E-state index in [0.717, 1.165) is 6.26 Å². The van der Waals surface area contributed by atoms with Gasteiger partial charge < -0.3 is 25.0 Å². The Bertz CT molecular complexity index is 631. The quantitative estimate of drug-likeness (QED) is 0.432. The predicted octanol–water partition coefficient (Wildman–Crippen LogP) is 1.85. The van der Waals surface area contributed by atoms with E-state index in [4.69, 9.17) is 25.0 Å². The second-order valence-corrected chi connectivity index (χ2v) is 6.71. The second kappa shape index (κ2) is 8.36. The normalized spacial score (nSPS) is 14.3. The topological polar surface area (TPSA) is 136 Å². The molecule has 0 heterocycles. The van der Waals surface area contributed by atoms with Gasteiger partial charge in [0.25, 0.3) is 0 Å². The monoisotopic (exact) mass is 343 g/mol. The first-order chi connectivity index (χ1) is 10.8. The van der Waals surface area contributed by atoms with Crippen LogP contribution in [0.4, 0.5) is 0 Å². The third kappa shape index (κ3) is 6.54. The van der Waals surface area contributed by atoms with Crippen molar-refractivity contribution >= 4 is 19.5 Å². The van der Waals surface area contributed by atoms with Gasteiger partial charge in [0, 0.05) is 0 Å². The standard InChI is InChI=1S/C14H18NO7P/c1-2-21-23(20,7-6-12(15)14(18)19)22-11-5-3-4-10(8-11)9-13(16)17/h2-5,8,12H,1,6-7,9,15H2,(H,16,17)(H,18,19)/t12-,23-/m1/s1. The van der Waals surface area contributed by atoms with Gasteiger partial charge in [0.05, 0.1) is 18.8 Å². The van der Waals surface area contributed by atoms with Crippen LogP contribution in [-0.2, 0) is 25.1 Å². The van der Waals surface area contributed by atoms with E-state index >= 15 is 0 Å². The van der Waals surface area contributed by atoms with Gasteiger partial charge in [-0.3, -0.25) is 9.59 Å². The van der Waals surface area contributed by atoms with Gasteiger partial charge in [-0.2, -0.15) is 0 Å². The van der Waals surface area contributed by atoms with E-state index in [1.54, 1.807) is 12.1 Å². The summed E-state index contributed by atoms with van der Waals surface area (Å²) in [6.07, 6.45) is 0.382. The van der Waals surface area contributed by atoms with E-state index in [1.165, 1.54) is 12.1 Å². The molecule has 0 bridgehead atoms. The van der Waals surface area contributed by atoms with E-state index in [-0.39, 0.29) is 24.8 Å². The molecule has 0 saturated carbocycles. The van der Waals surface area contributed by atoms with E-state index in [0.29, 0.717) is 5.56 Å². The van der Waals surface area contributed by atoms with Crippen LogP contribution in [0.5, 0.6) is 5.75 Å². The number of hydrogen-bond acceptors (Lipinski definition) is 6. The summed E-state index contributed by atoms with van der Waals surface area (Å²) in [5.74, 6) is -2.09. The number of carboxylic acids is 2. The number of hydrogen-bond donors (Lipinski definition) is 3. The molecule has 0 amide bonds. The first kappa shape index (κ1) is 18.7. The summed E-state index contributed by atoms with van der Waals surface area (Å²) in [6, 6.07) is 4.85. The van der Waals surface area contributed by atoms with Crippen LogP contribution in [0.3, 0.4) is 0 Å². The van der Waals surface area contributed by atoms with Crippen molar-refractivity contribution in [2.24, 2.45) is 5.73 Å². The van der Waals surface area contributed by atoms with Crippen LogP contribution in [0.25, 0.3) is 0 Å². The van der Waals surface area contributed by atoms with Crippen molar-refractivity contribution < 1.29 is 33.4 Å². The average Bonchev–Trinajstić information content (AvgIpc) is 2.44. The lowest BCUT2D eigenvalue weighted by Gasteiger charge is -2.19. The van der Waals surface area contributed by atoms with E-state index < -0.39 is 25.6 Å². The second-order valence-electron chi connectivity index (χ2n) is 4.65. The van der Waals surface area contributed by atoms with Crippen molar-refractivity contribution in [3.05, 3.63) is 42.7 Å². The van der Waals surface area contributed by atoms with Crippen molar-refractivity contribution in [1.82, 2.24) is 0 Å². The Labute approximate surface area is 133 Å². The van der Waals surface area contributed by atoms with Crippen LogP contribution >= 0.6 is 7.60 Å². The molecular weight excluding hydrogens is 325 g/mol. The Hall–Kier alpha value is -2.31. The predicted molar refractivity (Wildman–Crippen MR) is 82.4 cm³/mol. The Morgan fingerprint density at radius 1 is 1.39 bits per heavy atom. The summed E-state index contributed by atoms with van der Waals surface area (Å²) in [6.45, 7) is 3.31. The largest absolute Gasteiger partial charge is 0.481 e. The molecule has 9 heteroatoms. The van der Waals surface area contributed by atoms with E-state index in [9.17, 15) is 14.2 Å². The molecule has 0 aliphatic heterocycles. The van der Waals surface area contributed by atoms with Gasteiger partial charge >= 0.3 is 19.5 Å². The smallest absolute Gasteiger partial charge is 0.430 e. The number of rotatable bonds is 10. The Kier molecular flexibility index (Phi) is 6.81. The zero-order valence-electron chi connectivity index (χ0n) is 12.3. The highest BCUT2D eigenvalue weighted by atomic mass is 31.2. The Morgan fingerprint density at radius 3 is 2.65 bits per heavy atom. The minimum Gasteiger partial charge on any atom is -0.481 e. The van der Waals surface area contributed by atoms with Crippen molar-refractivity contribution in [3.8, 4) is 5.75 Å². The maximum Gasteiger partial charge on any atom is 0.430 e. The molecule has 1 rings (SSSR count). The van der Waals surface area contributed by atoms with Crippen molar-refractivity contribution in [2.45, 2.75) is 18.9 Å². The van der Waals surface area contributed by atoms with E-state index in [1.807, 2.05) is 0 Å². The highest BCUT2D eigenvalue weighted by Crippen LogP contribution is 2.49. The number of aliphatic carboxylic acids is 2. The fraction of sp³-hybridized carbons (Fsp3) is 0.286. The summed E-state index contributed by atoms with van der Waals surface area (Å²) < 4.78 is 22.8. The molecular formula is C14H18NO7P. The number of benzene rings is 1. The minimum absolute atomic E-state index is 0.116. The van der Waals surface area contributed by atoms with Gasteiger partial charge in [0.15, 0.2) is 0 Å². The lowest BCUT2D eigenvalue weighted by atomic mass is 10.1. The molecule has 0 aliphatic carbocycles. The lowest BCUT2D eigenvalue weighted by molar-refractivity contribution is -0.138. The third-order valence-electron chi connectivity index (χ3n) is 2.76. The van der Waals surface area contributed by atoms with Gasteiger partial charge in [-0.25, -0.2) is 4.57 Å². The van der Waals surface area contributed by atoms with Crippen LogP contribution in [0, 0.1) is 0 Å². The van der Waals surface area contributed by atoms with Crippen molar-refractivity contribution in [2.75, 3.05) is 6.16 Å². The molecule has 126 valence electrons. The van der Waals surface area contributed by atoms with Gasteiger partial charge in [-0.15, -0.1) is 0 Å². The number of carbonyl (C=O) groups is 2. The molecule has 0 unspecified atom stereocenters. The fourth-order valence-electron chi connectivity index (χ4n) is 1.70. The first-order valence-electron chi connectivity index (χ1n) is 6.63. The summed E-state index contributed by atoms with van der Waals surface area (Å²) in [5, 5.41) is 17.5. The summed E-state index contributed by atoms with van der Waals surface area (Å²) in [7, 11) is -3.70. The first-order valence-corrected chi connectivity index (χ1v) is 8.35. The van der Waals surface area contributed by atoms with Crippen LogP contribution in [0.1, 0.15) is 12.0 Å². The third-order valence-corrected chi connectivity index (χ3v) is 4.53. The van der Waals surface area contributed by atoms with Crippen LogP contribution in [-0.4, -0.2) is 34.4 Å². The molecule has 0 aliphatic rings. The molecule has 0 aromatic heterocycles. The highest BCUT2D eigenvalue weighted by Gasteiger charge is 2.28. The maximum atomic E-state index is 12.6. The Morgan fingerprint density at radius 2 is 2.09 bits per heavy atom. The molecule has 4 N–H and O–H groups in total. The fourth-order valence-corrected chi connectivity index (χ4v) is 3.20. The SMILES string of the molecule is C=CO[P@](=O)(CC[C@@H](N)C(=O)O)Oc1cccc(CC(=O)O)c1. The number of carboxylic acid groups (broad SMARTS) is 2. The molecule has 0 radical (unpaired) electrons. The average molecular weight is 343 g/mol. The van der Waals surface area contributed by atoms with Gasteiger partial charge in [0.2, 0.25) is 0 Å². The molecule has 0 saturated heterocycles. The molecule has 2 atom stereocenters. The van der Waals surface area contributed by atoms with Crippen molar-refractivity contribution in [1.29, 1.82) is 0 Å². The van der Waals surface area contributed by atoms with E-state index in [2.05, 4.69) is 6.58 Å². The highest BCUT2D eigenvalue weighted by molar-refractivity contribution is 7.54. The van der Waals surface area contributed by atoms with Crippen LogP contribution in [0.15, 0.2) is 37.1 Å². The maximum absolute atomic E-state index is 12.6. The summed E-state index contributed by atoms with van der Waals surface area (Å²) in [4.78, 5) is 21.4. The van der Waals surface area contributed by atoms with Crippen LogP contribution < -0.4 is 10.3 Å². The zero-order valence-corrected chi connectivity index (χ0v) is 13.1. The number of nitrogens with two attached hydrogens (primary N) is 1. The molecule has 23 heavy (non-hydrogen) atoms. The summed E-state index contributed by atoms with van der Waals surface area (Å²) >= 11 is 0. The van der Waals surface area contributed by atoms with Gasteiger partial charge in [0.1, 0.15) is 11.8 Å². The molecule has 1 aromatic carbocycles. The molecule has 1 aromatic rings. The molecule has 8 nitrogen and oxygen atoms in total.